The van der Waals surface area contributed by atoms with Crippen LogP contribution in [-0.4, -0.2) is 61.8 Å². The van der Waals surface area contributed by atoms with Gasteiger partial charge >= 0.3 is 14.2 Å². The van der Waals surface area contributed by atoms with Crippen LogP contribution in [0.25, 0.3) is 0 Å². The molecule has 1 unspecified atom stereocenters. The molecule has 194 valence electrons. The third-order valence-electron chi connectivity index (χ3n) is 7.01. The summed E-state index contributed by atoms with van der Waals surface area (Å²) in [5.74, 6) is 2.23. The molecule has 4 heterocycles. The van der Waals surface area contributed by atoms with E-state index in [9.17, 15) is 19.9 Å². The Hall–Kier alpha value is -3.32. The number of nitro groups is 1. The maximum absolute atomic E-state index is 11.3. The second kappa shape index (κ2) is 9.21. The van der Waals surface area contributed by atoms with Crippen LogP contribution >= 0.6 is 0 Å². The minimum absolute atomic E-state index is 0.120. The lowest BCUT2D eigenvalue weighted by Crippen LogP contribution is -2.41. The molecule has 0 saturated carbocycles. The maximum atomic E-state index is 11.3. The van der Waals surface area contributed by atoms with Crippen molar-refractivity contribution in [3.63, 3.8) is 0 Å². The molecule has 2 aromatic rings. The molecular weight excluding hydrogens is 488 g/mol. The van der Waals surface area contributed by atoms with Gasteiger partial charge in [0.25, 0.3) is 0 Å². The van der Waals surface area contributed by atoms with E-state index in [1.807, 2.05) is 27.7 Å². The minimum atomic E-state index is -1.15. The van der Waals surface area contributed by atoms with E-state index >= 15 is 0 Å². The van der Waals surface area contributed by atoms with E-state index in [4.69, 9.17) is 32.9 Å². The normalized spacial score (nSPS) is 21.4. The van der Waals surface area contributed by atoms with Crippen LogP contribution in [0, 0.1) is 10.1 Å². The number of rotatable bonds is 4. The molecule has 1 N–H and O–H groups in total. The van der Waals surface area contributed by atoms with Crippen LogP contribution in [0.4, 0.5) is 0 Å². The zero-order valence-corrected chi connectivity index (χ0v) is 20.7. The predicted octanol–water partition coefficient (Wildman–Crippen LogP) is 0.978. The molecule has 0 bridgehead atoms. The van der Waals surface area contributed by atoms with Gasteiger partial charge in [-0.3, -0.25) is 14.9 Å². The van der Waals surface area contributed by atoms with Gasteiger partial charge in [0.15, 0.2) is 23.0 Å². The van der Waals surface area contributed by atoms with Crippen molar-refractivity contribution in [2.45, 2.75) is 45.0 Å². The monoisotopic (exact) mass is 513 g/mol. The molecule has 14 heteroatoms. The van der Waals surface area contributed by atoms with E-state index in [1.54, 1.807) is 24.3 Å². The van der Waals surface area contributed by atoms with Crippen molar-refractivity contribution in [3.05, 3.63) is 45.5 Å². The molecule has 0 aliphatic carbocycles. The Morgan fingerprint density at radius 3 is 2.00 bits per heavy atom. The standard InChI is InChI=1S/C14H17BO5.C9H8BNO6/c1-13(2)14(3,4)20-15(19-13)10-6-12-11(17-8-18-12)5-9(10)7-16;12-10-6-2-8-7(15-4-16-8)1-5(6)9(17-10)3-11(13)14/h5-7H,8H2,1-4H3;1-2,9,12H,3-4H2. The maximum Gasteiger partial charge on any atom is 0.495 e. The third kappa shape index (κ3) is 4.61. The molecule has 0 spiro atoms. The quantitative estimate of drug-likeness (QED) is 0.270. The molecule has 2 aromatic carbocycles. The Kier molecular flexibility index (Phi) is 6.31. The van der Waals surface area contributed by atoms with Gasteiger partial charge in [0.05, 0.1) is 11.2 Å². The molecule has 1 atom stereocenters. The number of ether oxygens (including phenoxy) is 4. The fourth-order valence-electron chi connectivity index (χ4n) is 4.29. The van der Waals surface area contributed by atoms with Crippen molar-refractivity contribution in [2.75, 3.05) is 20.1 Å². The van der Waals surface area contributed by atoms with Crippen molar-refractivity contribution in [1.82, 2.24) is 0 Å². The summed E-state index contributed by atoms with van der Waals surface area (Å²) in [5.41, 5.74) is 1.35. The van der Waals surface area contributed by atoms with Gasteiger partial charge in [-0.25, -0.2) is 0 Å². The fraction of sp³-hybridized carbons (Fsp3) is 0.435. The van der Waals surface area contributed by atoms with Gasteiger partial charge in [0.2, 0.25) is 20.1 Å². The molecule has 1 fully saturated rings. The summed E-state index contributed by atoms with van der Waals surface area (Å²) in [6.45, 7) is 7.79. The van der Waals surface area contributed by atoms with Crippen molar-refractivity contribution < 1.29 is 47.7 Å². The fourth-order valence-corrected chi connectivity index (χ4v) is 4.29. The van der Waals surface area contributed by atoms with Crippen LogP contribution < -0.4 is 29.9 Å². The van der Waals surface area contributed by atoms with E-state index in [-0.39, 0.29) is 20.1 Å². The molecule has 4 aliphatic rings. The van der Waals surface area contributed by atoms with Crippen molar-refractivity contribution in [3.8, 4) is 23.0 Å². The Bertz CT molecular complexity index is 1240. The molecular formula is C23H25B2NO11. The average Bonchev–Trinajstić information content (AvgIpc) is 3.58. The van der Waals surface area contributed by atoms with Gasteiger partial charge in [-0.05, 0) is 68.4 Å². The highest BCUT2D eigenvalue weighted by molar-refractivity contribution is 6.63. The highest BCUT2D eigenvalue weighted by atomic mass is 16.7. The van der Waals surface area contributed by atoms with Gasteiger partial charge in [0.1, 0.15) is 12.4 Å². The largest absolute Gasteiger partial charge is 0.495 e. The molecule has 0 aromatic heterocycles. The van der Waals surface area contributed by atoms with Crippen LogP contribution in [0.1, 0.15) is 49.7 Å². The summed E-state index contributed by atoms with van der Waals surface area (Å²) in [6, 6.07) is 6.65. The lowest BCUT2D eigenvalue weighted by molar-refractivity contribution is -0.490. The summed E-state index contributed by atoms with van der Waals surface area (Å²) in [4.78, 5) is 21.3. The predicted molar refractivity (Wildman–Crippen MR) is 130 cm³/mol. The minimum Gasteiger partial charge on any atom is -0.454 e. The van der Waals surface area contributed by atoms with Crippen LogP contribution in [-0.2, 0) is 14.0 Å². The Morgan fingerprint density at radius 2 is 1.46 bits per heavy atom. The number of aldehydes is 1. The van der Waals surface area contributed by atoms with Crippen LogP contribution in [0.5, 0.6) is 23.0 Å². The third-order valence-corrected chi connectivity index (χ3v) is 7.01. The highest BCUT2D eigenvalue weighted by Gasteiger charge is 2.52. The summed E-state index contributed by atoms with van der Waals surface area (Å²) >= 11 is 0. The highest BCUT2D eigenvalue weighted by Crippen LogP contribution is 2.39. The number of nitrogens with zero attached hydrogens (tertiary/aromatic N) is 1. The van der Waals surface area contributed by atoms with E-state index in [0.717, 1.165) is 6.29 Å². The SMILES string of the molecule is CC1(C)OB(c2cc3c(cc2C=O)OCO3)OC1(C)C.O=[N+]([O-])CC1OB(O)c2cc3c(cc21)OCO3. The first-order valence-electron chi connectivity index (χ1n) is 11.6. The smallest absolute Gasteiger partial charge is 0.454 e. The van der Waals surface area contributed by atoms with Gasteiger partial charge in [-0.2, -0.15) is 0 Å². The van der Waals surface area contributed by atoms with Crippen LogP contribution in [0.2, 0.25) is 0 Å². The number of benzene rings is 2. The molecule has 6 rings (SSSR count). The summed E-state index contributed by atoms with van der Waals surface area (Å²) in [6.07, 6.45) is 0.0343. The first-order chi connectivity index (χ1) is 17.5. The lowest BCUT2D eigenvalue weighted by Gasteiger charge is -2.32. The zero-order valence-electron chi connectivity index (χ0n) is 20.7. The molecule has 37 heavy (non-hydrogen) atoms. The molecule has 0 amide bonds. The summed E-state index contributed by atoms with van der Waals surface area (Å²) in [7, 11) is -1.74. The van der Waals surface area contributed by atoms with Crippen molar-refractivity contribution >= 4 is 31.4 Å². The zero-order chi connectivity index (χ0) is 26.5. The summed E-state index contributed by atoms with van der Waals surface area (Å²) < 4.78 is 38.1. The van der Waals surface area contributed by atoms with Crippen molar-refractivity contribution in [2.24, 2.45) is 0 Å². The second-order valence-electron chi connectivity index (χ2n) is 9.87. The Balaban J connectivity index is 0.000000153. The van der Waals surface area contributed by atoms with Gasteiger partial charge in [-0.1, -0.05) is 0 Å². The van der Waals surface area contributed by atoms with Crippen molar-refractivity contribution in [1.29, 1.82) is 0 Å². The first-order valence-corrected chi connectivity index (χ1v) is 11.6. The van der Waals surface area contributed by atoms with E-state index in [2.05, 4.69) is 0 Å². The molecule has 0 radical (unpaired) electrons. The number of fused-ring (bicyclic) bond motifs is 3. The summed E-state index contributed by atoms with van der Waals surface area (Å²) in [5, 5.41) is 20.1. The Morgan fingerprint density at radius 1 is 0.946 bits per heavy atom. The Labute approximate surface area is 213 Å². The topological polar surface area (TPSA) is 145 Å². The average molecular weight is 513 g/mol. The van der Waals surface area contributed by atoms with Gasteiger partial charge < -0.3 is 37.9 Å². The molecule has 4 aliphatic heterocycles. The van der Waals surface area contributed by atoms with E-state index in [1.165, 1.54) is 0 Å². The van der Waals surface area contributed by atoms with Crippen LogP contribution in [0.3, 0.4) is 0 Å². The number of carbonyl (C=O) groups is 1. The molecule has 1 saturated heterocycles. The second-order valence-corrected chi connectivity index (χ2v) is 9.87. The van der Waals surface area contributed by atoms with Crippen LogP contribution in [0.15, 0.2) is 24.3 Å². The number of hydrogen-bond donors (Lipinski definition) is 1. The van der Waals surface area contributed by atoms with E-state index < -0.39 is 36.5 Å². The van der Waals surface area contributed by atoms with Gasteiger partial charge in [0, 0.05) is 10.5 Å². The molecule has 12 nitrogen and oxygen atoms in total. The first kappa shape index (κ1) is 25.3. The number of carbonyl (C=O) groups excluding carboxylic acids is 1. The number of hydrogen-bond acceptors (Lipinski definition) is 11. The lowest BCUT2D eigenvalue weighted by atomic mass is 9.76. The van der Waals surface area contributed by atoms with Gasteiger partial charge in [-0.15, -0.1) is 0 Å². The van der Waals surface area contributed by atoms with E-state index in [0.29, 0.717) is 45.1 Å².